The van der Waals surface area contributed by atoms with Crippen LogP contribution in [0.15, 0.2) is 11.6 Å². The van der Waals surface area contributed by atoms with Crippen molar-refractivity contribution in [1.82, 2.24) is 0 Å². The molecule has 0 aromatic rings. The van der Waals surface area contributed by atoms with E-state index in [2.05, 4.69) is 13.0 Å². The Labute approximate surface area is 131 Å². The fourth-order valence-corrected chi connectivity index (χ4v) is 3.44. The fourth-order valence-electron chi connectivity index (χ4n) is 3.44. The maximum Gasteiger partial charge on any atom is 0.145 e. The van der Waals surface area contributed by atoms with E-state index in [1.165, 1.54) is 38.5 Å². The summed E-state index contributed by atoms with van der Waals surface area (Å²) in [6, 6.07) is 0. The molecule has 2 atom stereocenters. The van der Waals surface area contributed by atoms with E-state index >= 15 is 0 Å². The van der Waals surface area contributed by atoms with Crippen molar-refractivity contribution >= 4 is 6.29 Å². The van der Waals surface area contributed by atoms with Gasteiger partial charge in [0.05, 0.1) is 5.60 Å². The molecule has 21 heavy (non-hydrogen) atoms. The summed E-state index contributed by atoms with van der Waals surface area (Å²) in [5.41, 5.74) is 0.462. The molecule has 0 saturated carbocycles. The van der Waals surface area contributed by atoms with Gasteiger partial charge in [-0.25, -0.2) is 0 Å². The van der Waals surface area contributed by atoms with Crippen LogP contribution in [-0.2, 0) is 4.79 Å². The maximum atomic E-state index is 11.0. The molecule has 0 heterocycles. The summed E-state index contributed by atoms with van der Waals surface area (Å²) in [5, 5.41) is 9.84. The van der Waals surface area contributed by atoms with E-state index in [4.69, 9.17) is 0 Å². The van der Waals surface area contributed by atoms with E-state index in [0.717, 1.165) is 37.5 Å². The molecule has 1 rings (SSSR count). The standard InChI is InChI=1S/C19H34O2/c1-4-5-6-7-9-18-14-16(15-20)11-12-17(18)10-8-13-19(2,3)21/h14-15,17-18,21H,4-13H2,1-3H3. The Balaban J connectivity index is 2.46. The van der Waals surface area contributed by atoms with Crippen molar-refractivity contribution in [3.63, 3.8) is 0 Å². The minimum Gasteiger partial charge on any atom is -0.390 e. The van der Waals surface area contributed by atoms with Gasteiger partial charge in [0.1, 0.15) is 6.29 Å². The molecule has 0 aromatic carbocycles. The van der Waals surface area contributed by atoms with Crippen LogP contribution in [0, 0.1) is 11.8 Å². The lowest BCUT2D eigenvalue weighted by Gasteiger charge is -2.30. The number of carbonyl (C=O) groups is 1. The first-order valence-corrected chi connectivity index (χ1v) is 8.84. The van der Waals surface area contributed by atoms with Crippen LogP contribution in [0.2, 0.25) is 0 Å². The van der Waals surface area contributed by atoms with Gasteiger partial charge in [0, 0.05) is 0 Å². The highest BCUT2D eigenvalue weighted by atomic mass is 16.3. The molecule has 2 heteroatoms. The smallest absolute Gasteiger partial charge is 0.145 e. The molecule has 0 spiro atoms. The summed E-state index contributed by atoms with van der Waals surface area (Å²) < 4.78 is 0. The van der Waals surface area contributed by atoms with Crippen LogP contribution < -0.4 is 0 Å². The minimum absolute atomic E-state index is 0.547. The summed E-state index contributed by atoms with van der Waals surface area (Å²) in [4.78, 5) is 11.0. The summed E-state index contributed by atoms with van der Waals surface area (Å²) >= 11 is 0. The van der Waals surface area contributed by atoms with Crippen molar-refractivity contribution < 1.29 is 9.90 Å². The summed E-state index contributed by atoms with van der Waals surface area (Å²) in [5.74, 6) is 1.29. The molecule has 0 bridgehead atoms. The van der Waals surface area contributed by atoms with Crippen LogP contribution in [0.5, 0.6) is 0 Å². The van der Waals surface area contributed by atoms with Gasteiger partial charge in [0.15, 0.2) is 0 Å². The molecular formula is C19H34O2. The number of aliphatic hydroxyl groups is 1. The van der Waals surface area contributed by atoms with Crippen LogP contribution in [0.3, 0.4) is 0 Å². The monoisotopic (exact) mass is 294 g/mol. The number of rotatable bonds is 10. The number of hydrogen-bond acceptors (Lipinski definition) is 2. The van der Waals surface area contributed by atoms with Gasteiger partial charge in [0.25, 0.3) is 0 Å². The van der Waals surface area contributed by atoms with Gasteiger partial charge in [-0.15, -0.1) is 0 Å². The number of hydrogen-bond donors (Lipinski definition) is 1. The van der Waals surface area contributed by atoms with E-state index in [1.54, 1.807) is 0 Å². The highest BCUT2D eigenvalue weighted by Gasteiger charge is 2.24. The van der Waals surface area contributed by atoms with Crippen molar-refractivity contribution in [2.45, 2.75) is 90.6 Å². The molecule has 122 valence electrons. The lowest BCUT2D eigenvalue weighted by molar-refractivity contribution is -0.105. The third-order valence-corrected chi connectivity index (χ3v) is 4.74. The molecule has 0 fully saturated rings. The number of aldehydes is 1. The zero-order valence-electron chi connectivity index (χ0n) is 14.2. The molecule has 0 radical (unpaired) electrons. The Morgan fingerprint density at radius 3 is 2.62 bits per heavy atom. The average molecular weight is 294 g/mol. The normalized spacial score (nSPS) is 23.0. The second-order valence-electron chi connectivity index (χ2n) is 7.38. The first-order valence-electron chi connectivity index (χ1n) is 8.84. The summed E-state index contributed by atoms with van der Waals surface area (Å²) in [6.07, 6.45) is 14.9. The first kappa shape index (κ1) is 18.4. The van der Waals surface area contributed by atoms with E-state index in [-0.39, 0.29) is 0 Å². The van der Waals surface area contributed by atoms with Crippen molar-refractivity contribution in [2.24, 2.45) is 11.8 Å². The topological polar surface area (TPSA) is 37.3 Å². The predicted molar refractivity (Wildman–Crippen MR) is 89.3 cm³/mol. The molecule has 0 saturated heterocycles. The van der Waals surface area contributed by atoms with E-state index < -0.39 is 5.60 Å². The second-order valence-corrected chi connectivity index (χ2v) is 7.38. The quantitative estimate of drug-likeness (QED) is 0.452. The van der Waals surface area contributed by atoms with Crippen LogP contribution in [0.1, 0.15) is 85.0 Å². The summed E-state index contributed by atoms with van der Waals surface area (Å²) in [6.45, 7) is 6.02. The minimum atomic E-state index is -0.547. The average Bonchev–Trinajstić information content (AvgIpc) is 2.43. The van der Waals surface area contributed by atoms with Crippen molar-refractivity contribution in [3.8, 4) is 0 Å². The lowest BCUT2D eigenvalue weighted by atomic mass is 9.75. The van der Waals surface area contributed by atoms with Crippen LogP contribution in [0.25, 0.3) is 0 Å². The zero-order chi connectivity index (χ0) is 15.7. The van der Waals surface area contributed by atoms with Crippen LogP contribution >= 0.6 is 0 Å². The fraction of sp³-hybridized carbons (Fsp3) is 0.842. The zero-order valence-corrected chi connectivity index (χ0v) is 14.2. The first-order chi connectivity index (χ1) is 9.96. The highest BCUT2D eigenvalue weighted by Crippen LogP contribution is 2.35. The molecular weight excluding hydrogens is 260 g/mol. The summed E-state index contributed by atoms with van der Waals surface area (Å²) in [7, 11) is 0. The molecule has 1 N–H and O–H groups in total. The molecule has 2 unspecified atom stereocenters. The van der Waals surface area contributed by atoms with Crippen molar-refractivity contribution in [3.05, 3.63) is 11.6 Å². The molecule has 0 aliphatic heterocycles. The molecule has 0 amide bonds. The van der Waals surface area contributed by atoms with Crippen LogP contribution in [0.4, 0.5) is 0 Å². The van der Waals surface area contributed by atoms with Gasteiger partial charge in [-0.1, -0.05) is 45.1 Å². The second kappa shape index (κ2) is 9.40. The molecule has 1 aliphatic rings. The lowest BCUT2D eigenvalue weighted by Crippen LogP contribution is -2.21. The predicted octanol–water partition coefficient (Wildman–Crippen LogP) is 5.05. The largest absolute Gasteiger partial charge is 0.390 e. The van der Waals surface area contributed by atoms with Crippen molar-refractivity contribution in [1.29, 1.82) is 0 Å². The maximum absolute atomic E-state index is 11.0. The van der Waals surface area contributed by atoms with Gasteiger partial charge in [-0.3, -0.25) is 4.79 Å². The molecule has 0 aromatic heterocycles. The van der Waals surface area contributed by atoms with Crippen molar-refractivity contribution in [2.75, 3.05) is 0 Å². The van der Waals surface area contributed by atoms with Gasteiger partial charge < -0.3 is 5.11 Å². The SMILES string of the molecule is CCCCCCC1C=C(C=O)CCC1CCCC(C)(C)O. The number of allylic oxidation sites excluding steroid dienone is 2. The Kier molecular flexibility index (Phi) is 8.24. The highest BCUT2D eigenvalue weighted by molar-refractivity contribution is 5.73. The Morgan fingerprint density at radius 2 is 2.00 bits per heavy atom. The van der Waals surface area contributed by atoms with Gasteiger partial charge in [0.2, 0.25) is 0 Å². The van der Waals surface area contributed by atoms with E-state index in [9.17, 15) is 9.90 Å². The van der Waals surface area contributed by atoms with Crippen LogP contribution in [-0.4, -0.2) is 17.0 Å². The van der Waals surface area contributed by atoms with Gasteiger partial charge in [-0.05, 0) is 63.4 Å². The Bertz CT molecular complexity index is 325. The van der Waals surface area contributed by atoms with Gasteiger partial charge >= 0.3 is 0 Å². The van der Waals surface area contributed by atoms with E-state index in [0.29, 0.717) is 11.8 Å². The Hall–Kier alpha value is -0.630. The van der Waals surface area contributed by atoms with E-state index in [1.807, 2.05) is 13.8 Å². The third kappa shape index (κ3) is 7.80. The molecule has 2 nitrogen and oxygen atoms in total. The van der Waals surface area contributed by atoms with Gasteiger partial charge in [-0.2, -0.15) is 0 Å². The third-order valence-electron chi connectivity index (χ3n) is 4.74. The molecule has 1 aliphatic carbocycles. The number of carbonyl (C=O) groups excluding carboxylic acids is 1. The Morgan fingerprint density at radius 1 is 1.24 bits per heavy atom. The number of unbranched alkanes of at least 4 members (excludes halogenated alkanes) is 3.